The number of likely N-dealkylation sites (tertiary alicyclic amines) is 1. The summed E-state index contributed by atoms with van der Waals surface area (Å²) in [5, 5.41) is 10.6. The maximum absolute atomic E-state index is 12.4. The molecule has 32 heavy (non-hydrogen) atoms. The van der Waals surface area contributed by atoms with E-state index in [1.54, 1.807) is 0 Å². The van der Waals surface area contributed by atoms with Gasteiger partial charge in [-0.15, -0.1) is 0 Å². The number of halogens is 3. The molecule has 1 aromatic rings. The number of hydrogen-bond donors (Lipinski definition) is 3. The van der Waals surface area contributed by atoms with Crippen LogP contribution in [0.15, 0.2) is 24.4 Å². The Balaban J connectivity index is 0.000000451. The zero-order chi connectivity index (χ0) is 24.0. The summed E-state index contributed by atoms with van der Waals surface area (Å²) in [4.78, 5) is 38.7. The Morgan fingerprint density at radius 2 is 1.88 bits per heavy atom. The van der Waals surface area contributed by atoms with Gasteiger partial charge >= 0.3 is 12.1 Å². The van der Waals surface area contributed by atoms with Gasteiger partial charge in [-0.1, -0.05) is 6.07 Å². The monoisotopic (exact) mass is 458 g/mol. The van der Waals surface area contributed by atoms with Crippen molar-refractivity contribution in [1.82, 2.24) is 15.2 Å². The van der Waals surface area contributed by atoms with Crippen LogP contribution in [0.2, 0.25) is 0 Å². The van der Waals surface area contributed by atoms with Gasteiger partial charge in [0.15, 0.2) is 0 Å². The third-order valence-corrected chi connectivity index (χ3v) is 6.30. The van der Waals surface area contributed by atoms with E-state index in [1.807, 2.05) is 30.3 Å². The van der Waals surface area contributed by atoms with Crippen LogP contribution in [0.1, 0.15) is 50.6 Å². The first kappa shape index (κ1) is 25.6. The number of carboxylic acid groups (broad SMARTS) is 1. The lowest BCUT2D eigenvalue weighted by Gasteiger charge is -2.44. The lowest BCUT2D eigenvalue weighted by Crippen LogP contribution is -2.47. The van der Waals surface area contributed by atoms with Gasteiger partial charge in [0, 0.05) is 32.1 Å². The average molecular weight is 458 g/mol. The minimum absolute atomic E-state index is 0.0823. The van der Waals surface area contributed by atoms with Crippen LogP contribution < -0.4 is 11.1 Å². The molecule has 0 bridgehead atoms. The summed E-state index contributed by atoms with van der Waals surface area (Å²) in [6.07, 6.45) is 2.41. The van der Waals surface area contributed by atoms with Crippen molar-refractivity contribution in [2.45, 2.75) is 56.7 Å². The van der Waals surface area contributed by atoms with Gasteiger partial charge in [-0.3, -0.25) is 14.6 Å². The largest absolute Gasteiger partial charge is 0.490 e. The Kier molecular flexibility index (Phi) is 8.22. The highest BCUT2D eigenvalue weighted by atomic mass is 19.4. The summed E-state index contributed by atoms with van der Waals surface area (Å²) in [6.45, 7) is 1.45. The van der Waals surface area contributed by atoms with Crippen molar-refractivity contribution in [1.29, 1.82) is 0 Å². The number of rotatable bonds is 6. The first-order valence-corrected chi connectivity index (χ1v) is 10.4. The highest BCUT2D eigenvalue weighted by Gasteiger charge is 2.49. The zero-order valence-corrected chi connectivity index (χ0v) is 18.0. The number of amides is 2. The van der Waals surface area contributed by atoms with E-state index in [-0.39, 0.29) is 22.8 Å². The quantitative estimate of drug-likeness (QED) is 0.600. The molecule has 2 fully saturated rings. The molecule has 1 saturated carbocycles. The van der Waals surface area contributed by atoms with Gasteiger partial charge in [-0.2, -0.15) is 13.2 Å². The van der Waals surface area contributed by atoms with Crippen LogP contribution in [0.5, 0.6) is 0 Å². The summed E-state index contributed by atoms with van der Waals surface area (Å²) >= 11 is 0. The fourth-order valence-corrected chi connectivity index (χ4v) is 4.45. The van der Waals surface area contributed by atoms with Crippen LogP contribution in [-0.2, 0) is 19.9 Å². The summed E-state index contributed by atoms with van der Waals surface area (Å²) in [5.41, 5.74) is 6.28. The zero-order valence-electron chi connectivity index (χ0n) is 18.0. The number of aromatic nitrogens is 1. The molecule has 178 valence electrons. The van der Waals surface area contributed by atoms with Crippen LogP contribution >= 0.6 is 0 Å². The molecule has 1 saturated heterocycles. The molecule has 2 heterocycles. The van der Waals surface area contributed by atoms with E-state index in [0.717, 1.165) is 37.9 Å². The molecular weight excluding hydrogens is 429 g/mol. The Bertz CT molecular complexity index is 809. The van der Waals surface area contributed by atoms with E-state index >= 15 is 0 Å². The molecule has 3 rings (SSSR count). The van der Waals surface area contributed by atoms with Gasteiger partial charge in [0.2, 0.25) is 11.8 Å². The maximum atomic E-state index is 12.4. The molecule has 0 atom stereocenters. The summed E-state index contributed by atoms with van der Waals surface area (Å²) < 4.78 is 31.7. The van der Waals surface area contributed by atoms with Crippen molar-refractivity contribution < 1.29 is 32.7 Å². The molecule has 2 aliphatic rings. The van der Waals surface area contributed by atoms with Gasteiger partial charge in [-0.25, -0.2) is 4.79 Å². The second kappa shape index (κ2) is 10.3. The molecule has 0 unspecified atom stereocenters. The van der Waals surface area contributed by atoms with E-state index in [4.69, 9.17) is 15.6 Å². The Hall–Kier alpha value is -2.69. The molecule has 1 aliphatic heterocycles. The van der Waals surface area contributed by atoms with Crippen molar-refractivity contribution in [3.05, 3.63) is 30.1 Å². The Morgan fingerprint density at radius 3 is 2.34 bits per heavy atom. The molecule has 0 radical (unpaired) electrons. The lowest BCUT2D eigenvalue weighted by molar-refractivity contribution is -0.192. The third kappa shape index (κ3) is 6.41. The molecule has 1 aliphatic carbocycles. The van der Waals surface area contributed by atoms with Crippen molar-refractivity contribution in [3.8, 4) is 0 Å². The first-order valence-electron chi connectivity index (χ1n) is 10.4. The van der Waals surface area contributed by atoms with E-state index in [0.29, 0.717) is 25.8 Å². The van der Waals surface area contributed by atoms with Gasteiger partial charge in [-0.05, 0) is 56.7 Å². The summed E-state index contributed by atoms with van der Waals surface area (Å²) in [5.74, 6) is -2.83. The van der Waals surface area contributed by atoms with Gasteiger partial charge < -0.3 is 21.1 Å². The van der Waals surface area contributed by atoms with E-state index in [9.17, 15) is 22.8 Å². The van der Waals surface area contributed by atoms with Crippen molar-refractivity contribution in [2.24, 2.45) is 11.1 Å². The normalized spacial score (nSPS) is 25.4. The van der Waals surface area contributed by atoms with Crippen LogP contribution in [0.4, 0.5) is 13.2 Å². The highest BCUT2D eigenvalue weighted by molar-refractivity contribution is 5.79. The molecule has 11 heteroatoms. The third-order valence-electron chi connectivity index (χ3n) is 6.30. The number of carboxylic acids is 1. The predicted molar refractivity (Wildman–Crippen MR) is 109 cm³/mol. The second-order valence-electron chi connectivity index (χ2n) is 8.41. The standard InChI is InChI=1S/C19H28N4O2.C2HF3O2/c1-21-19(15-5-2-3-11-22-15)9-7-18(8-10-19)13-17(25)23(14-18)12-4-6-16(20)24;3-2(4,5)1(6)7/h2-3,5,11,21H,4,6-10,12-14H2,1H3,(H2,20,24);(H,6,7)/t18-,19-;. The Morgan fingerprint density at radius 1 is 1.25 bits per heavy atom. The van der Waals surface area contributed by atoms with Crippen molar-refractivity contribution in [3.63, 3.8) is 0 Å². The molecule has 4 N–H and O–H groups in total. The number of carbonyl (C=O) groups excluding carboxylic acids is 2. The number of alkyl halides is 3. The second-order valence-corrected chi connectivity index (χ2v) is 8.41. The minimum atomic E-state index is -5.08. The molecule has 2 amide bonds. The van der Waals surface area contributed by atoms with Crippen LogP contribution in [0.3, 0.4) is 0 Å². The average Bonchev–Trinajstić information content (AvgIpc) is 3.04. The topological polar surface area (TPSA) is 126 Å². The van der Waals surface area contributed by atoms with E-state index in [2.05, 4.69) is 16.4 Å². The number of carbonyl (C=O) groups is 3. The van der Waals surface area contributed by atoms with Gasteiger partial charge in [0.25, 0.3) is 0 Å². The number of nitrogens with one attached hydrogen (secondary N) is 1. The Labute approximate surface area is 184 Å². The van der Waals surface area contributed by atoms with Gasteiger partial charge in [0.1, 0.15) is 0 Å². The van der Waals surface area contributed by atoms with Crippen LogP contribution in [0.25, 0.3) is 0 Å². The number of primary amides is 1. The fraction of sp³-hybridized carbons (Fsp3) is 0.619. The highest BCUT2D eigenvalue weighted by Crippen LogP contribution is 2.49. The molecule has 1 spiro atoms. The maximum Gasteiger partial charge on any atom is 0.490 e. The van der Waals surface area contributed by atoms with E-state index in [1.165, 1.54) is 0 Å². The number of hydrogen-bond acceptors (Lipinski definition) is 5. The van der Waals surface area contributed by atoms with Gasteiger partial charge in [0.05, 0.1) is 11.2 Å². The van der Waals surface area contributed by atoms with E-state index < -0.39 is 12.1 Å². The first-order chi connectivity index (χ1) is 14.9. The predicted octanol–water partition coefficient (Wildman–Crippen LogP) is 2.19. The van der Waals surface area contributed by atoms with Crippen LogP contribution in [-0.4, -0.2) is 59.1 Å². The lowest BCUT2D eigenvalue weighted by atomic mass is 9.66. The fourth-order valence-electron chi connectivity index (χ4n) is 4.45. The van der Waals surface area contributed by atoms with Crippen molar-refractivity contribution >= 4 is 17.8 Å². The van der Waals surface area contributed by atoms with Crippen LogP contribution in [0, 0.1) is 5.41 Å². The molecule has 1 aromatic heterocycles. The number of nitrogens with two attached hydrogens (primary N) is 1. The molecule has 0 aromatic carbocycles. The number of pyridine rings is 1. The number of aliphatic carboxylic acids is 1. The summed E-state index contributed by atoms with van der Waals surface area (Å²) in [7, 11) is 2.00. The molecular formula is C21H29F3N4O4. The number of nitrogens with zero attached hydrogens (tertiary/aromatic N) is 2. The smallest absolute Gasteiger partial charge is 0.475 e. The summed E-state index contributed by atoms with van der Waals surface area (Å²) in [6, 6.07) is 6.06. The minimum Gasteiger partial charge on any atom is -0.475 e. The molecule has 8 nitrogen and oxygen atoms in total. The van der Waals surface area contributed by atoms with Crippen molar-refractivity contribution in [2.75, 3.05) is 20.1 Å². The SMILES string of the molecule is CN[C@]1(c2ccccn2)CC[C@@]2(CC1)CC(=O)N(CCCC(N)=O)C2.O=C(O)C(F)(F)F.